The second-order valence-electron chi connectivity index (χ2n) is 8.09. The van der Waals surface area contributed by atoms with E-state index in [4.69, 9.17) is 0 Å². The van der Waals surface area contributed by atoms with Gasteiger partial charge in [0.2, 0.25) is 0 Å². The molecule has 1 aliphatic heterocycles. The Morgan fingerprint density at radius 2 is 2.07 bits per heavy atom. The Balaban J connectivity index is 1.38. The molecule has 2 fully saturated rings. The van der Waals surface area contributed by atoms with Gasteiger partial charge in [-0.3, -0.25) is 9.59 Å². The van der Waals surface area contributed by atoms with E-state index in [0.717, 1.165) is 68.9 Å². The summed E-state index contributed by atoms with van der Waals surface area (Å²) in [7, 11) is 1.62. The van der Waals surface area contributed by atoms with Crippen molar-refractivity contribution in [3.8, 4) is 0 Å². The Labute approximate surface area is 176 Å². The first-order chi connectivity index (χ1) is 14.6. The van der Waals surface area contributed by atoms with Gasteiger partial charge in [0, 0.05) is 43.3 Å². The molecule has 2 aromatic rings. The van der Waals surface area contributed by atoms with E-state index >= 15 is 0 Å². The molecule has 3 heterocycles. The molecule has 0 unspecified atom stereocenters. The van der Waals surface area contributed by atoms with Crippen molar-refractivity contribution in [2.24, 2.45) is 0 Å². The molecule has 2 aliphatic rings. The first-order valence-corrected chi connectivity index (χ1v) is 10.8. The van der Waals surface area contributed by atoms with Crippen LogP contribution in [0.3, 0.4) is 0 Å². The summed E-state index contributed by atoms with van der Waals surface area (Å²) in [5.74, 6) is 1.22. The van der Waals surface area contributed by atoms with Gasteiger partial charge in [-0.1, -0.05) is 13.0 Å². The predicted molar refractivity (Wildman–Crippen MR) is 118 cm³/mol. The molecule has 0 radical (unpaired) electrons. The van der Waals surface area contributed by atoms with Crippen molar-refractivity contribution < 1.29 is 9.37 Å². The minimum absolute atomic E-state index is 0.0620. The molecule has 1 aliphatic carbocycles. The van der Waals surface area contributed by atoms with Crippen LogP contribution in [0.5, 0.6) is 0 Å². The molecule has 7 heteroatoms. The number of hydrogen-bond donors (Lipinski definition) is 2. The second kappa shape index (κ2) is 8.81. The number of rotatable bonds is 4. The van der Waals surface area contributed by atoms with E-state index in [0.29, 0.717) is 11.5 Å². The van der Waals surface area contributed by atoms with Gasteiger partial charge in [-0.05, 0) is 31.0 Å². The Bertz CT molecular complexity index is 999. The highest BCUT2D eigenvalue weighted by molar-refractivity contribution is 5.93. The number of carbonyl (C=O) groups is 1. The number of nitrogens with zero attached hydrogens (tertiary/aromatic N) is 3. The Kier molecular flexibility index (Phi) is 5.97. The number of anilines is 1. The van der Waals surface area contributed by atoms with Crippen molar-refractivity contribution in [2.45, 2.75) is 38.5 Å². The number of aryl methyl sites for hydroxylation is 1. The third kappa shape index (κ3) is 4.15. The highest BCUT2D eigenvalue weighted by Gasteiger charge is 2.31. The Hall–Kier alpha value is -2.96. The lowest BCUT2D eigenvalue weighted by atomic mass is 10.0. The van der Waals surface area contributed by atoms with Gasteiger partial charge < -0.3 is 15.2 Å². The summed E-state index contributed by atoms with van der Waals surface area (Å²) in [6.45, 7) is 5.81. The zero-order chi connectivity index (χ0) is 21.1. The van der Waals surface area contributed by atoms with Gasteiger partial charge in [0.1, 0.15) is 5.82 Å². The third-order valence-corrected chi connectivity index (χ3v) is 6.39. The summed E-state index contributed by atoms with van der Waals surface area (Å²) in [5.41, 5.74) is 4.08. The van der Waals surface area contributed by atoms with E-state index in [1.165, 1.54) is 5.71 Å². The number of pyridine rings is 2. The van der Waals surface area contributed by atoms with E-state index < -0.39 is 0 Å². The van der Waals surface area contributed by atoms with Crippen molar-refractivity contribution in [1.29, 1.82) is 0 Å². The number of aromatic nitrogens is 2. The van der Waals surface area contributed by atoms with Crippen LogP contribution in [0.25, 0.3) is 0 Å². The average molecular weight is 409 g/mol. The van der Waals surface area contributed by atoms with Crippen molar-refractivity contribution in [3.63, 3.8) is 0 Å². The van der Waals surface area contributed by atoms with Gasteiger partial charge in [-0.25, -0.2) is 9.56 Å². The van der Waals surface area contributed by atoms with Gasteiger partial charge >= 0.3 is 0 Å². The number of hydrogen-bond acceptors (Lipinski definition) is 4. The fourth-order valence-corrected chi connectivity index (χ4v) is 4.52. The molecule has 1 saturated heterocycles. The molecule has 2 aromatic heterocycles. The molecule has 1 atom stereocenters. The van der Waals surface area contributed by atoms with Crippen molar-refractivity contribution in [1.82, 2.24) is 15.3 Å². The molecule has 2 N–H and O–H groups in total. The second-order valence-corrected chi connectivity index (χ2v) is 8.09. The fraction of sp³-hybridized carbons (Fsp3) is 0.478. The van der Waals surface area contributed by atoms with Gasteiger partial charge in [0.05, 0.1) is 18.7 Å². The van der Waals surface area contributed by atoms with Crippen molar-refractivity contribution >= 4 is 17.4 Å². The molecule has 0 bridgehead atoms. The van der Waals surface area contributed by atoms with E-state index in [2.05, 4.69) is 30.8 Å². The van der Waals surface area contributed by atoms with Gasteiger partial charge in [-0.2, -0.15) is 0 Å². The van der Waals surface area contributed by atoms with E-state index in [1.54, 1.807) is 13.2 Å². The van der Waals surface area contributed by atoms with E-state index in [9.17, 15) is 9.59 Å². The first-order valence-electron chi connectivity index (χ1n) is 10.8. The monoisotopic (exact) mass is 408 g/mol. The van der Waals surface area contributed by atoms with Gasteiger partial charge in [0.15, 0.2) is 18.8 Å². The van der Waals surface area contributed by atoms with E-state index in [1.807, 2.05) is 25.1 Å². The zero-order valence-corrected chi connectivity index (χ0v) is 17.8. The maximum absolute atomic E-state index is 12.2. The average Bonchev–Trinajstić information content (AvgIpc) is 3.29. The number of nitrogens with one attached hydrogen (secondary N) is 2. The Morgan fingerprint density at radius 1 is 1.27 bits per heavy atom. The predicted octanol–water partition coefficient (Wildman–Crippen LogP) is 1.93. The number of amides is 1. The molecule has 4 rings (SSSR count). The molecule has 30 heavy (non-hydrogen) atoms. The molecular weight excluding hydrogens is 378 g/mol. The minimum atomic E-state index is -0.114. The quantitative estimate of drug-likeness (QED) is 0.758. The summed E-state index contributed by atoms with van der Waals surface area (Å²) < 4.78 is 2.51. The summed E-state index contributed by atoms with van der Waals surface area (Å²) in [6.07, 6.45) is 5.63. The van der Waals surface area contributed by atoms with Crippen LogP contribution in [0.15, 0.2) is 35.3 Å². The third-order valence-electron chi connectivity index (χ3n) is 6.39. The molecule has 1 amide bonds. The summed E-state index contributed by atoms with van der Waals surface area (Å²) in [6, 6.07) is 7.83. The molecule has 7 nitrogen and oxygen atoms in total. The maximum Gasteiger partial charge on any atom is 0.252 e. The minimum Gasteiger partial charge on any atom is -0.355 e. The van der Waals surface area contributed by atoms with E-state index in [-0.39, 0.29) is 11.5 Å². The first kappa shape index (κ1) is 20.3. The molecule has 158 valence electrons. The highest BCUT2D eigenvalue weighted by atomic mass is 16.1. The SMILES string of the molecule is CCc1ccc([C@@H]2CCC(=[N+]3CCN(c4ccc(C(=O)NC)cn4)CC3)C2)[nH]c1=O. The highest BCUT2D eigenvalue weighted by Crippen LogP contribution is 2.31. The summed E-state index contributed by atoms with van der Waals surface area (Å²) in [5, 5.41) is 2.62. The van der Waals surface area contributed by atoms with Crippen molar-refractivity contribution in [2.75, 3.05) is 38.1 Å². The maximum atomic E-state index is 12.2. The largest absolute Gasteiger partial charge is 0.355 e. The lowest BCUT2D eigenvalue weighted by Crippen LogP contribution is -2.44. The van der Waals surface area contributed by atoms with Crippen molar-refractivity contribution in [3.05, 3.63) is 57.6 Å². The normalized spacial score (nSPS) is 19.3. The van der Waals surface area contributed by atoms with Crippen LogP contribution >= 0.6 is 0 Å². The van der Waals surface area contributed by atoms with Crippen LogP contribution < -0.4 is 15.8 Å². The molecule has 0 spiro atoms. The lowest BCUT2D eigenvalue weighted by Gasteiger charge is -2.27. The number of piperazine rings is 1. The van der Waals surface area contributed by atoms with Crippen LogP contribution in [0.2, 0.25) is 0 Å². The molecule has 1 saturated carbocycles. The van der Waals surface area contributed by atoms with Crippen LogP contribution in [-0.4, -0.2) is 59.4 Å². The van der Waals surface area contributed by atoms with Gasteiger partial charge in [0.25, 0.3) is 11.5 Å². The van der Waals surface area contributed by atoms with Gasteiger partial charge in [-0.15, -0.1) is 0 Å². The molecule has 0 aromatic carbocycles. The zero-order valence-electron chi connectivity index (χ0n) is 17.8. The van der Waals surface area contributed by atoms with Crippen LogP contribution in [0.4, 0.5) is 5.82 Å². The molecular formula is C23H30N5O2+. The summed E-state index contributed by atoms with van der Waals surface area (Å²) >= 11 is 0. The van der Waals surface area contributed by atoms with Crippen LogP contribution in [0.1, 0.15) is 53.7 Å². The summed E-state index contributed by atoms with van der Waals surface area (Å²) in [4.78, 5) is 33.7. The standard InChI is InChI=1S/C23H29N5O2/c1-3-16-5-8-20(26-23(16)30)17-4-7-19(14-17)27-10-12-28(13-11-27)21-9-6-18(15-25-21)22(29)24-2/h5-6,8-9,15,17H,3-4,7,10-14H2,1-2H3,(H-,24,26,29,30)/p+1/t17-/m1/s1. The smallest absolute Gasteiger partial charge is 0.252 e. The van der Waals surface area contributed by atoms with Crippen LogP contribution in [0, 0.1) is 0 Å². The lowest BCUT2D eigenvalue weighted by molar-refractivity contribution is -0.531. The van der Waals surface area contributed by atoms with Crippen LogP contribution in [-0.2, 0) is 6.42 Å². The Morgan fingerprint density at radius 3 is 2.70 bits per heavy atom. The number of carbonyl (C=O) groups excluding carboxylic acids is 1. The topological polar surface area (TPSA) is 81.1 Å². The number of aromatic amines is 1. The fourth-order valence-electron chi connectivity index (χ4n) is 4.52. The number of H-pyrrole nitrogens is 1.